The number of rotatable bonds is 1. The van der Waals surface area contributed by atoms with Gasteiger partial charge in [0, 0.05) is 18.5 Å². The molecule has 0 radical (unpaired) electrons. The number of aliphatic carboxylic acids is 1. The molecule has 12 heavy (non-hydrogen) atoms. The van der Waals surface area contributed by atoms with Crippen LogP contribution in [0.25, 0.3) is 0 Å². The van der Waals surface area contributed by atoms with Crippen LogP contribution in [0.5, 0.6) is 0 Å². The number of thioether (sulfide) groups is 1. The first kappa shape index (κ1) is 8.07. The summed E-state index contributed by atoms with van der Waals surface area (Å²) in [5.74, 6) is 0.00347. The predicted molar refractivity (Wildman–Crippen MR) is 47.5 cm³/mol. The first-order chi connectivity index (χ1) is 5.79. The van der Waals surface area contributed by atoms with Gasteiger partial charge in [0.1, 0.15) is 0 Å². The highest BCUT2D eigenvalue weighted by atomic mass is 32.2. The quantitative estimate of drug-likeness (QED) is 0.637. The fourth-order valence-electron chi connectivity index (χ4n) is 1.43. The fraction of sp³-hybridized carbons (Fsp3) is 0.714. The molecule has 1 saturated heterocycles. The van der Waals surface area contributed by atoms with Crippen molar-refractivity contribution in [1.29, 1.82) is 0 Å². The van der Waals surface area contributed by atoms with Gasteiger partial charge in [-0.25, -0.2) is 4.79 Å². The Hall–Kier alpha value is -0.550. The van der Waals surface area contributed by atoms with E-state index in [0.29, 0.717) is 5.37 Å². The monoisotopic (exact) mass is 186 g/mol. The lowest BCUT2D eigenvalue weighted by atomic mass is 10.2. The molecular weight excluding hydrogens is 176 g/mol. The van der Waals surface area contributed by atoms with Gasteiger partial charge in [-0.15, -0.1) is 11.8 Å². The standard InChI is InChI=1S/C7H10N2O2S/c10-7(11)6-8-2-4-12-5-1-3-9(5)6/h2,5-6H,1,3-4H2,(H,10,11). The number of hydrogen-bond acceptors (Lipinski definition) is 4. The van der Waals surface area contributed by atoms with Crippen LogP contribution in [-0.4, -0.2) is 46.0 Å². The van der Waals surface area contributed by atoms with Crippen molar-refractivity contribution in [3.63, 3.8) is 0 Å². The molecule has 2 unspecified atom stereocenters. The van der Waals surface area contributed by atoms with Crippen LogP contribution in [0.15, 0.2) is 4.99 Å². The molecule has 2 aliphatic heterocycles. The van der Waals surface area contributed by atoms with Gasteiger partial charge in [0.15, 0.2) is 0 Å². The number of hydrogen-bond donors (Lipinski definition) is 1. The molecule has 2 heterocycles. The number of fused-ring (bicyclic) bond motifs is 1. The Kier molecular flexibility index (Phi) is 2.06. The third kappa shape index (κ3) is 1.23. The van der Waals surface area contributed by atoms with Crippen molar-refractivity contribution in [1.82, 2.24) is 4.90 Å². The highest BCUT2D eigenvalue weighted by molar-refractivity contribution is 8.00. The summed E-state index contributed by atoms with van der Waals surface area (Å²) in [7, 11) is 0. The predicted octanol–water partition coefficient (Wildman–Crippen LogP) is 0.246. The number of carbonyl (C=O) groups is 1. The molecule has 1 fully saturated rings. The molecule has 0 aliphatic carbocycles. The lowest BCUT2D eigenvalue weighted by Gasteiger charge is -2.40. The van der Waals surface area contributed by atoms with Crippen LogP contribution in [0, 0.1) is 0 Å². The normalized spacial score (nSPS) is 35.0. The lowest BCUT2D eigenvalue weighted by molar-refractivity contribution is -0.145. The van der Waals surface area contributed by atoms with E-state index < -0.39 is 12.1 Å². The second-order valence-corrected chi connectivity index (χ2v) is 4.07. The summed E-state index contributed by atoms with van der Waals surface area (Å²) in [6.45, 7) is 0.867. The Morgan fingerprint density at radius 1 is 1.75 bits per heavy atom. The van der Waals surface area contributed by atoms with Crippen LogP contribution in [0.3, 0.4) is 0 Å². The SMILES string of the molecule is O=C(O)C1N=CCSC2CCN21. The summed E-state index contributed by atoms with van der Waals surface area (Å²) >= 11 is 1.77. The van der Waals surface area contributed by atoms with Crippen LogP contribution in [0.2, 0.25) is 0 Å². The smallest absolute Gasteiger partial charge is 0.343 e. The molecule has 2 rings (SSSR count). The average molecular weight is 186 g/mol. The largest absolute Gasteiger partial charge is 0.479 e. The van der Waals surface area contributed by atoms with Gasteiger partial charge in [0.25, 0.3) is 0 Å². The van der Waals surface area contributed by atoms with E-state index in [-0.39, 0.29) is 0 Å². The van der Waals surface area contributed by atoms with E-state index in [0.717, 1.165) is 18.7 Å². The van der Waals surface area contributed by atoms with Crippen molar-refractivity contribution in [3.05, 3.63) is 0 Å². The molecule has 0 bridgehead atoms. The molecule has 2 aliphatic rings. The number of carboxylic acid groups (broad SMARTS) is 1. The van der Waals surface area contributed by atoms with Crippen molar-refractivity contribution in [2.24, 2.45) is 4.99 Å². The molecule has 1 N–H and O–H groups in total. The van der Waals surface area contributed by atoms with E-state index in [1.165, 1.54) is 0 Å². The van der Waals surface area contributed by atoms with E-state index >= 15 is 0 Å². The zero-order chi connectivity index (χ0) is 8.55. The summed E-state index contributed by atoms with van der Waals surface area (Å²) in [6, 6.07) is 0. The van der Waals surface area contributed by atoms with Crippen molar-refractivity contribution in [3.8, 4) is 0 Å². The zero-order valence-electron chi connectivity index (χ0n) is 6.51. The van der Waals surface area contributed by atoms with Crippen LogP contribution in [-0.2, 0) is 4.79 Å². The zero-order valence-corrected chi connectivity index (χ0v) is 7.33. The Morgan fingerprint density at radius 3 is 3.17 bits per heavy atom. The lowest BCUT2D eigenvalue weighted by Crippen LogP contribution is -2.53. The second-order valence-electron chi connectivity index (χ2n) is 2.86. The van der Waals surface area contributed by atoms with E-state index in [1.807, 2.05) is 4.90 Å². The van der Waals surface area contributed by atoms with Crippen molar-refractivity contribution in [2.75, 3.05) is 12.3 Å². The summed E-state index contributed by atoms with van der Waals surface area (Å²) in [4.78, 5) is 16.6. The molecule has 0 amide bonds. The van der Waals surface area contributed by atoms with Crippen molar-refractivity contribution in [2.45, 2.75) is 18.0 Å². The molecule has 66 valence electrons. The summed E-state index contributed by atoms with van der Waals surface area (Å²) in [6.07, 6.45) is 2.18. The van der Waals surface area contributed by atoms with Gasteiger partial charge in [-0.3, -0.25) is 9.89 Å². The molecule has 0 spiro atoms. The highest BCUT2D eigenvalue weighted by Gasteiger charge is 2.38. The minimum absolute atomic E-state index is 0.383. The Labute approximate surface area is 74.7 Å². The maximum absolute atomic E-state index is 10.7. The van der Waals surface area contributed by atoms with Gasteiger partial charge in [0.05, 0.1) is 5.37 Å². The highest BCUT2D eigenvalue weighted by Crippen LogP contribution is 2.31. The summed E-state index contributed by atoms with van der Waals surface area (Å²) in [5.41, 5.74) is 0. The van der Waals surface area contributed by atoms with Crippen LogP contribution < -0.4 is 0 Å². The van der Waals surface area contributed by atoms with Crippen molar-refractivity contribution < 1.29 is 9.90 Å². The molecular formula is C7H10N2O2S. The van der Waals surface area contributed by atoms with Crippen LogP contribution in [0.4, 0.5) is 0 Å². The van der Waals surface area contributed by atoms with Gasteiger partial charge in [-0.2, -0.15) is 0 Å². The molecule has 0 aromatic rings. The third-order valence-corrected chi connectivity index (χ3v) is 3.38. The molecule has 4 nitrogen and oxygen atoms in total. The molecule has 2 atom stereocenters. The van der Waals surface area contributed by atoms with Crippen LogP contribution in [0.1, 0.15) is 6.42 Å². The van der Waals surface area contributed by atoms with Gasteiger partial charge in [-0.1, -0.05) is 0 Å². The topological polar surface area (TPSA) is 52.9 Å². The molecule has 0 aromatic heterocycles. The molecule has 5 heteroatoms. The minimum Gasteiger partial charge on any atom is -0.479 e. The Morgan fingerprint density at radius 2 is 2.58 bits per heavy atom. The maximum atomic E-state index is 10.7. The number of aliphatic imine (C=N–C) groups is 1. The van der Waals surface area contributed by atoms with Crippen LogP contribution >= 0.6 is 11.8 Å². The fourth-order valence-corrected chi connectivity index (χ4v) is 2.51. The second kappa shape index (κ2) is 3.06. The van der Waals surface area contributed by atoms with E-state index in [9.17, 15) is 4.79 Å². The summed E-state index contributed by atoms with van der Waals surface area (Å²) < 4.78 is 0. The first-order valence-corrected chi connectivity index (χ1v) is 4.96. The average Bonchev–Trinajstić information content (AvgIpc) is 2.10. The minimum atomic E-state index is -0.835. The Bertz CT molecular complexity index is 231. The first-order valence-electron chi connectivity index (χ1n) is 3.91. The number of carboxylic acids is 1. The molecule has 0 aromatic carbocycles. The van der Waals surface area contributed by atoms with Gasteiger partial charge in [0.2, 0.25) is 6.17 Å². The molecule has 0 saturated carbocycles. The third-order valence-electron chi connectivity index (χ3n) is 2.15. The number of nitrogens with zero attached hydrogens (tertiary/aromatic N) is 2. The van der Waals surface area contributed by atoms with E-state index in [4.69, 9.17) is 5.11 Å². The van der Waals surface area contributed by atoms with Gasteiger partial charge in [-0.05, 0) is 6.42 Å². The van der Waals surface area contributed by atoms with Crippen molar-refractivity contribution >= 4 is 23.9 Å². The van der Waals surface area contributed by atoms with Gasteiger partial charge >= 0.3 is 5.97 Å². The Balaban J connectivity index is 2.13. The van der Waals surface area contributed by atoms with Gasteiger partial charge < -0.3 is 5.11 Å². The van der Waals surface area contributed by atoms with E-state index in [2.05, 4.69) is 4.99 Å². The summed E-state index contributed by atoms with van der Waals surface area (Å²) in [5, 5.41) is 9.20. The van der Waals surface area contributed by atoms with E-state index in [1.54, 1.807) is 18.0 Å². The maximum Gasteiger partial charge on any atom is 0.343 e.